The first-order valence-corrected chi connectivity index (χ1v) is 3.79. The van der Waals surface area contributed by atoms with Gasteiger partial charge in [-0.15, -0.1) is 0 Å². The van der Waals surface area contributed by atoms with Gasteiger partial charge in [-0.05, 0) is 6.42 Å². The molecule has 1 rings (SSSR count). The lowest BCUT2D eigenvalue weighted by Crippen LogP contribution is -2.05. The Morgan fingerprint density at radius 3 is 3.00 bits per heavy atom. The predicted molar refractivity (Wildman–Crippen MR) is 46.1 cm³/mol. The van der Waals surface area contributed by atoms with E-state index in [0.717, 1.165) is 12.7 Å². The Balaban J connectivity index is 2.55. The lowest BCUT2D eigenvalue weighted by Gasteiger charge is -2.06. The van der Waals surface area contributed by atoms with Crippen LogP contribution < -0.4 is 0 Å². The van der Waals surface area contributed by atoms with Gasteiger partial charge < -0.3 is 4.79 Å². The highest BCUT2D eigenvalue weighted by Gasteiger charge is 2.18. The van der Waals surface area contributed by atoms with Gasteiger partial charge in [-0.25, -0.2) is 0 Å². The molecular weight excluding hydrogens is 136 g/mol. The molecule has 0 radical (unpaired) electrons. The Bertz CT molecular complexity index is 201. The molecule has 0 aliphatic heterocycles. The van der Waals surface area contributed by atoms with Crippen molar-refractivity contribution in [3.63, 3.8) is 0 Å². The van der Waals surface area contributed by atoms with Crippen LogP contribution in [0.1, 0.15) is 6.42 Å². The van der Waals surface area contributed by atoms with Crippen LogP contribution in [-0.4, -0.2) is 6.29 Å². The average Bonchev–Trinajstić information content (AvgIpc) is 2.47. The maximum absolute atomic E-state index is 10.5. The Morgan fingerprint density at radius 2 is 2.36 bits per heavy atom. The monoisotopic (exact) mass is 148 g/mol. The van der Waals surface area contributed by atoms with Crippen LogP contribution in [0, 0.1) is 11.8 Å². The fourth-order valence-electron chi connectivity index (χ4n) is 1.25. The quantitative estimate of drug-likeness (QED) is 0.340. The van der Waals surface area contributed by atoms with E-state index in [9.17, 15) is 4.79 Å². The number of carbonyl (C=O) groups is 1. The summed E-state index contributed by atoms with van der Waals surface area (Å²) in [6.45, 7) is 3.57. The standard InChI is InChI=1S/C10H12O/c1-2-3-5-9-6-4-7-10(9)8-11/h2-6,8-10H,1,7H2/b5-3-/t9-,10-/m0/s1. The first-order chi connectivity index (χ1) is 5.38. The van der Waals surface area contributed by atoms with E-state index in [1.807, 2.05) is 12.2 Å². The summed E-state index contributed by atoms with van der Waals surface area (Å²) in [6.07, 6.45) is 11.7. The third-order valence-corrected chi connectivity index (χ3v) is 1.91. The van der Waals surface area contributed by atoms with Gasteiger partial charge in [-0.1, -0.05) is 37.0 Å². The second-order valence-electron chi connectivity index (χ2n) is 2.66. The second kappa shape index (κ2) is 3.91. The van der Waals surface area contributed by atoms with E-state index in [1.54, 1.807) is 6.08 Å². The van der Waals surface area contributed by atoms with Crippen LogP contribution in [-0.2, 0) is 4.79 Å². The number of hydrogen-bond acceptors (Lipinski definition) is 1. The number of allylic oxidation sites excluding steroid dienone is 5. The summed E-state index contributed by atoms with van der Waals surface area (Å²) in [5, 5.41) is 0. The zero-order valence-corrected chi connectivity index (χ0v) is 6.44. The third kappa shape index (κ3) is 1.90. The van der Waals surface area contributed by atoms with Gasteiger partial charge in [0.25, 0.3) is 0 Å². The van der Waals surface area contributed by atoms with Crippen LogP contribution in [0.5, 0.6) is 0 Å². The van der Waals surface area contributed by atoms with Crippen LogP contribution in [0.4, 0.5) is 0 Å². The molecule has 0 aromatic heterocycles. The normalized spacial score (nSPS) is 29.5. The van der Waals surface area contributed by atoms with Crippen molar-refractivity contribution in [1.82, 2.24) is 0 Å². The Hall–Kier alpha value is -1.11. The zero-order chi connectivity index (χ0) is 8.10. The van der Waals surface area contributed by atoms with E-state index in [1.165, 1.54) is 0 Å². The number of carbonyl (C=O) groups excluding carboxylic acids is 1. The van der Waals surface area contributed by atoms with Gasteiger partial charge in [0.05, 0.1) is 0 Å². The summed E-state index contributed by atoms with van der Waals surface area (Å²) in [5.74, 6) is 0.455. The molecule has 1 aliphatic carbocycles. The fourth-order valence-corrected chi connectivity index (χ4v) is 1.25. The van der Waals surface area contributed by atoms with Gasteiger partial charge in [-0.3, -0.25) is 0 Å². The summed E-state index contributed by atoms with van der Waals surface area (Å²) < 4.78 is 0. The van der Waals surface area contributed by atoms with Crippen molar-refractivity contribution in [2.24, 2.45) is 11.8 Å². The second-order valence-corrected chi connectivity index (χ2v) is 2.66. The molecule has 0 fully saturated rings. The van der Waals surface area contributed by atoms with Crippen LogP contribution in [0.2, 0.25) is 0 Å². The first kappa shape index (κ1) is 7.99. The smallest absolute Gasteiger partial charge is 0.124 e. The SMILES string of the molecule is C=C/C=C\[C@H]1C=CC[C@H]1C=O. The van der Waals surface area contributed by atoms with Crippen LogP contribution in [0.3, 0.4) is 0 Å². The summed E-state index contributed by atoms with van der Waals surface area (Å²) >= 11 is 0. The third-order valence-electron chi connectivity index (χ3n) is 1.91. The van der Waals surface area contributed by atoms with Crippen molar-refractivity contribution in [3.8, 4) is 0 Å². The minimum Gasteiger partial charge on any atom is -0.303 e. The molecule has 0 unspecified atom stereocenters. The predicted octanol–water partition coefficient (Wildman–Crippen LogP) is 2.12. The molecule has 1 heteroatoms. The molecule has 0 saturated carbocycles. The van der Waals surface area contributed by atoms with Crippen molar-refractivity contribution in [2.75, 3.05) is 0 Å². The number of aldehydes is 1. The zero-order valence-electron chi connectivity index (χ0n) is 6.44. The van der Waals surface area contributed by atoms with Crippen molar-refractivity contribution >= 4 is 6.29 Å². The lowest BCUT2D eigenvalue weighted by atomic mass is 9.97. The molecule has 1 aliphatic rings. The van der Waals surface area contributed by atoms with E-state index in [4.69, 9.17) is 0 Å². The Kier molecular flexibility index (Phi) is 2.84. The molecule has 0 aromatic carbocycles. The van der Waals surface area contributed by atoms with E-state index < -0.39 is 0 Å². The van der Waals surface area contributed by atoms with Crippen LogP contribution in [0.25, 0.3) is 0 Å². The molecule has 11 heavy (non-hydrogen) atoms. The maximum atomic E-state index is 10.5. The summed E-state index contributed by atoms with van der Waals surface area (Å²) in [6, 6.07) is 0. The topological polar surface area (TPSA) is 17.1 Å². The minimum atomic E-state index is 0.159. The van der Waals surface area contributed by atoms with Gasteiger partial charge in [0.15, 0.2) is 0 Å². The molecule has 0 aromatic rings. The molecule has 0 bridgehead atoms. The van der Waals surface area contributed by atoms with E-state index in [-0.39, 0.29) is 5.92 Å². The number of hydrogen-bond donors (Lipinski definition) is 0. The Morgan fingerprint density at radius 1 is 1.55 bits per heavy atom. The highest BCUT2D eigenvalue weighted by molar-refractivity contribution is 5.57. The molecular formula is C10H12O. The maximum Gasteiger partial charge on any atom is 0.124 e. The van der Waals surface area contributed by atoms with Crippen molar-refractivity contribution in [1.29, 1.82) is 0 Å². The van der Waals surface area contributed by atoms with Crippen molar-refractivity contribution < 1.29 is 4.79 Å². The number of rotatable bonds is 3. The molecule has 0 N–H and O–H groups in total. The van der Waals surface area contributed by atoms with E-state index in [0.29, 0.717) is 5.92 Å². The minimum absolute atomic E-state index is 0.159. The fraction of sp³-hybridized carbons (Fsp3) is 0.300. The molecule has 0 spiro atoms. The average molecular weight is 148 g/mol. The summed E-state index contributed by atoms with van der Waals surface area (Å²) in [4.78, 5) is 10.5. The van der Waals surface area contributed by atoms with Crippen molar-refractivity contribution in [2.45, 2.75) is 6.42 Å². The van der Waals surface area contributed by atoms with Crippen LogP contribution in [0.15, 0.2) is 37.0 Å². The first-order valence-electron chi connectivity index (χ1n) is 3.79. The van der Waals surface area contributed by atoms with Gasteiger partial charge in [0.2, 0.25) is 0 Å². The highest BCUT2D eigenvalue weighted by atomic mass is 16.1. The van der Waals surface area contributed by atoms with Gasteiger partial charge in [0.1, 0.15) is 6.29 Å². The molecule has 1 nitrogen and oxygen atoms in total. The summed E-state index contributed by atoms with van der Waals surface area (Å²) in [5.41, 5.74) is 0. The molecule has 0 amide bonds. The molecule has 58 valence electrons. The van der Waals surface area contributed by atoms with Crippen molar-refractivity contribution in [3.05, 3.63) is 37.0 Å². The van der Waals surface area contributed by atoms with Gasteiger partial charge >= 0.3 is 0 Å². The molecule has 0 heterocycles. The van der Waals surface area contributed by atoms with Gasteiger partial charge in [-0.2, -0.15) is 0 Å². The van der Waals surface area contributed by atoms with E-state index in [2.05, 4.69) is 18.7 Å². The lowest BCUT2D eigenvalue weighted by molar-refractivity contribution is -0.111. The highest BCUT2D eigenvalue weighted by Crippen LogP contribution is 2.24. The molecule has 0 saturated heterocycles. The molecule has 2 atom stereocenters. The van der Waals surface area contributed by atoms with Crippen LogP contribution >= 0.6 is 0 Å². The summed E-state index contributed by atoms with van der Waals surface area (Å²) in [7, 11) is 0. The van der Waals surface area contributed by atoms with Gasteiger partial charge in [0, 0.05) is 11.8 Å². The Labute approximate surface area is 67.1 Å². The van der Waals surface area contributed by atoms with E-state index >= 15 is 0 Å². The largest absolute Gasteiger partial charge is 0.303 e.